The maximum Gasteiger partial charge on any atom is 0.163 e. The molecule has 4 heteroatoms. The first-order chi connectivity index (χ1) is 15.1. The Morgan fingerprint density at radius 2 is 1.13 bits per heavy atom. The van der Waals surface area contributed by atoms with Gasteiger partial charge in [0.25, 0.3) is 0 Å². The van der Waals surface area contributed by atoms with Crippen molar-refractivity contribution >= 4 is 35.1 Å². The third-order valence-electron chi connectivity index (χ3n) is 5.45. The second kappa shape index (κ2) is 9.47. The first-order valence-electron chi connectivity index (χ1n) is 10.1. The van der Waals surface area contributed by atoms with Gasteiger partial charge < -0.3 is 4.57 Å². The number of Topliss-reactive ketones (excluding diaryl/α,β-unsaturated/α-hetero) is 1. The summed E-state index contributed by atoms with van der Waals surface area (Å²) < 4.78 is 15.0. The number of halogens is 1. The van der Waals surface area contributed by atoms with Gasteiger partial charge in [-0.25, -0.2) is 0 Å². The third kappa shape index (κ3) is 4.56. The summed E-state index contributed by atoms with van der Waals surface area (Å²) in [5.41, 5.74) is 0.973. The van der Waals surface area contributed by atoms with Gasteiger partial charge in [-0.1, -0.05) is 103 Å². The van der Waals surface area contributed by atoms with Crippen molar-refractivity contribution in [1.29, 1.82) is 0 Å². The van der Waals surface area contributed by atoms with Gasteiger partial charge in [-0.3, -0.25) is 4.79 Å². The molecule has 154 valence electrons. The molecule has 0 bridgehead atoms. The lowest BCUT2D eigenvalue weighted by molar-refractivity contribution is 0.0981. The molecule has 0 aliphatic rings. The molecule has 0 aromatic heterocycles. The first-order valence-corrected chi connectivity index (χ1v) is 12.3. The predicted octanol–water partition coefficient (Wildman–Crippen LogP) is 6.67. The highest BCUT2D eigenvalue weighted by Gasteiger charge is 2.39. The van der Waals surface area contributed by atoms with E-state index in [1.807, 2.05) is 91.0 Å². The van der Waals surface area contributed by atoms with Crippen LogP contribution in [0.5, 0.6) is 0 Å². The molecule has 0 amide bonds. The number of carbonyl (C=O) groups excluding carboxylic acids is 1. The molecule has 0 radical (unpaired) electrons. The molecule has 0 spiro atoms. The Morgan fingerprint density at radius 3 is 1.61 bits per heavy atom. The molecule has 1 atom stereocenters. The summed E-state index contributed by atoms with van der Waals surface area (Å²) in [5.74, 6) is -0.0578. The van der Waals surface area contributed by atoms with Crippen LogP contribution in [0.2, 0.25) is 5.02 Å². The number of rotatable bonds is 7. The van der Waals surface area contributed by atoms with Gasteiger partial charge in [0, 0.05) is 27.6 Å². The standard InChI is InChI=1S/C27H22ClO2P/c28-23-18-16-21(17-19-23)26(29)20-27(22-10-4-1-5-11-22)31(30,24-12-6-2-7-13-24)25-14-8-3-9-15-25/h1-19,27H,20H2/t27-/m1/s1. The fourth-order valence-corrected chi connectivity index (χ4v) is 7.26. The molecule has 0 N–H and O–H groups in total. The lowest BCUT2D eigenvalue weighted by Gasteiger charge is -2.29. The van der Waals surface area contributed by atoms with Gasteiger partial charge in [0.2, 0.25) is 0 Å². The predicted molar refractivity (Wildman–Crippen MR) is 129 cm³/mol. The van der Waals surface area contributed by atoms with E-state index in [0.29, 0.717) is 10.6 Å². The lowest BCUT2D eigenvalue weighted by atomic mass is 10.0. The Kier molecular flexibility index (Phi) is 6.51. The van der Waals surface area contributed by atoms with E-state index in [1.165, 1.54) is 0 Å². The van der Waals surface area contributed by atoms with E-state index in [9.17, 15) is 9.36 Å². The smallest absolute Gasteiger partial charge is 0.163 e. The van der Waals surface area contributed by atoms with Crippen molar-refractivity contribution in [3.63, 3.8) is 0 Å². The normalized spacial score (nSPS) is 12.3. The molecule has 4 aromatic rings. The molecule has 0 aliphatic carbocycles. The highest BCUT2D eigenvalue weighted by Crippen LogP contribution is 2.59. The zero-order valence-corrected chi connectivity index (χ0v) is 18.5. The lowest BCUT2D eigenvalue weighted by Crippen LogP contribution is -2.23. The van der Waals surface area contributed by atoms with Gasteiger partial charge in [0.1, 0.15) is 0 Å². The number of hydrogen-bond acceptors (Lipinski definition) is 2. The highest BCUT2D eigenvalue weighted by atomic mass is 35.5. The van der Waals surface area contributed by atoms with Crippen LogP contribution in [0.15, 0.2) is 115 Å². The van der Waals surface area contributed by atoms with Gasteiger partial charge in [-0.2, -0.15) is 0 Å². The van der Waals surface area contributed by atoms with Crippen LogP contribution in [0.3, 0.4) is 0 Å². The second-order valence-corrected chi connectivity index (χ2v) is 10.8. The van der Waals surface area contributed by atoms with Gasteiger partial charge in [-0.15, -0.1) is 0 Å². The van der Waals surface area contributed by atoms with E-state index < -0.39 is 12.8 Å². The molecule has 0 fully saturated rings. The molecule has 4 rings (SSSR count). The van der Waals surface area contributed by atoms with Crippen LogP contribution in [0.25, 0.3) is 0 Å². The van der Waals surface area contributed by atoms with Gasteiger partial charge in [0.05, 0.1) is 5.66 Å². The van der Waals surface area contributed by atoms with E-state index in [0.717, 1.165) is 16.2 Å². The minimum atomic E-state index is -3.19. The Hall–Kier alpha value is -2.93. The average Bonchev–Trinajstić information content (AvgIpc) is 2.84. The van der Waals surface area contributed by atoms with Crippen molar-refractivity contribution in [2.24, 2.45) is 0 Å². The summed E-state index contributed by atoms with van der Waals surface area (Å²) in [7, 11) is -3.19. The second-order valence-electron chi connectivity index (χ2n) is 7.39. The molecule has 0 aliphatic heterocycles. The summed E-state index contributed by atoms with van der Waals surface area (Å²) in [6.45, 7) is 0. The topological polar surface area (TPSA) is 34.1 Å². The van der Waals surface area contributed by atoms with Crippen LogP contribution in [0, 0.1) is 0 Å². The minimum Gasteiger partial charge on any atom is -0.313 e. The molecule has 0 unspecified atom stereocenters. The third-order valence-corrected chi connectivity index (χ3v) is 9.19. The average molecular weight is 445 g/mol. The molecule has 0 heterocycles. The van der Waals surface area contributed by atoms with Crippen molar-refractivity contribution in [2.45, 2.75) is 12.1 Å². The van der Waals surface area contributed by atoms with E-state index >= 15 is 0 Å². The summed E-state index contributed by atoms with van der Waals surface area (Å²) >= 11 is 5.99. The number of benzene rings is 4. The summed E-state index contributed by atoms with van der Waals surface area (Å²) in [6, 6.07) is 35.6. The zero-order chi connectivity index (χ0) is 21.7. The summed E-state index contributed by atoms with van der Waals surface area (Å²) in [5, 5.41) is 2.08. The number of carbonyl (C=O) groups is 1. The van der Waals surface area contributed by atoms with Crippen molar-refractivity contribution in [3.05, 3.63) is 131 Å². The van der Waals surface area contributed by atoms with Crippen LogP contribution in [0.1, 0.15) is 28.0 Å². The minimum absolute atomic E-state index is 0.0578. The van der Waals surface area contributed by atoms with Crippen molar-refractivity contribution in [2.75, 3.05) is 0 Å². The van der Waals surface area contributed by atoms with Gasteiger partial charge >= 0.3 is 0 Å². The SMILES string of the molecule is O=C(C[C@H](c1ccccc1)P(=O)(c1ccccc1)c1ccccc1)c1ccc(Cl)cc1. The van der Waals surface area contributed by atoms with Crippen LogP contribution in [-0.2, 0) is 4.57 Å². The first kappa shape index (κ1) is 21.3. The molecule has 4 aromatic carbocycles. The molecule has 0 saturated carbocycles. The van der Waals surface area contributed by atoms with Crippen LogP contribution >= 0.6 is 18.7 Å². The quantitative estimate of drug-likeness (QED) is 0.236. The van der Waals surface area contributed by atoms with Crippen molar-refractivity contribution < 1.29 is 9.36 Å². The summed E-state index contributed by atoms with van der Waals surface area (Å²) in [4.78, 5) is 13.3. The Bertz CT molecular complexity index is 1150. The van der Waals surface area contributed by atoms with E-state index in [2.05, 4.69) is 0 Å². The molecule has 31 heavy (non-hydrogen) atoms. The highest BCUT2D eigenvalue weighted by molar-refractivity contribution is 7.79. The Morgan fingerprint density at radius 1 is 0.677 bits per heavy atom. The molecule has 0 saturated heterocycles. The molecule has 2 nitrogen and oxygen atoms in total. The number of ketones is 1. The van der Waals surface area contributed by atoms with E-state index in [1.54, 1.807) is 24.3 Å². The fourth-order valence-electron chi connectivity index (χ4n) is 3.87. The van der Waals surface area contributed by atoms with Gasteiger partial charge in [-0.05, 0) is 29.8 Å². The molecular formula is C27H22ClO2P. The van der Waals surface area contributed by atoms with Gasteiger partial charge in [0.15, 0.2) is 12.9 Å². The summed E-state index contributed by atoms with van der Waals surface area (Å²) in [6.07, 6.45) is 0.132. The van der Waals surface area contributed by atoms with Crippen LogP contribution < -0.4 is 10.6 Å². The zero-order valence-electron chi connectivity index (χ0n) is 16.9. The maximum atomic E-state index is 15.0. The van der Waals surface area contributed by atoms with Crippen LogP contribution in [0.4, 0.5) is 0 Å². The number of hydrogen-bond donors (Lipinski definition) is 0. The van der Waals surface area contributed by atoms with E-state index in [4.69, 9.17) is 11.6 Å². The Balaban J connectivity index is 1.86. The largest absolute Gasteiger partial charge is 0.313 e. The van der Waals surface area contributed by atoms with E-state index in [-0.39, 0.29) is 12.2 Å². The van der Waals surface area contributed by atoms with Crippen LogP contribution in [-0.4, -0.2) is 5.78 Å². The molecular weight excluding hydrogens is 423 g/mol. The fraction of sp³-hybridized carbons (Fsp3) is 0.0741. The maximum absolute atomic E-state index is 15.0. The van der Waals surface area contributed by atoms with Crippen molar-refractivity contribution in [1.82, 2.24) is 0 Å². The Labute approximate surface area is 187 Å². The van der Waals surface area contributed by atoms with Crippen molar-refractivity contribution in [3.8, 4) is 0 Å². The monoisotopic (exact) mass is 444 g/mol.